The molecular weight excluding hydrogens is 256 g/mol. The van der Waals surface area contributed by atoms with Crippen molar-refractivity contribution in [3.63, 3.8) is 0 Å². The molecule has 0 saturated heterocycles. The van der Waals surface area contributed by atoms with Crippen molar-refractivity contribution >= 4 is 11.7 Å². The lowest BCUT2D eigenvalue weighted by Crippen LogP contribution is -2.12. The topological polar surface area (TPSA) is 64.4 Å². The number of nitrogens with one attached hydrogen (secondary N) is 1. The minimum Gasteiger partial charge on any atom is -0.493 e. The Morgan fingerprint density at radius 3 is 2.60 bits per heavy atom. The summed E-state index contributed by atoms with van der Waals surface area (Å²) in [5.41, 5.74) is 0.544. The Morgan fingerprint density at radius 2 is 2.05 bits per heavy atom. The van der Waals surface area contributed by atoms with Crippen LogP contribution in [0.4, 0.5) is 5.82 Å². The summed E-state index contributed by atoms with van der Waals surface area (Å²) in [4.78, 5) is 12.0. The fourth-order valence-electron chi connectivity index (χ4n) is 1.58. The first-order chi connectivity index (χ1) is 9.54. The monoisotopic (exact) mass is 274 g/mol. The highest BCUT2D eigenvalue weighted by Crippen LogP contribution is 2.15. The predicted molar refractivity (Wildman–Crippen MR) is 76.0 cm³/mol. The minimum absolute atomic E-state index is 0.228. The van der Waals surface area contributed by atoms with Crippen molar-refractivity contribution in [3.05, 3.63) is 41.7 Å². The molecule has 1 N–H and O–H groups in total. The van der Waals surface area contributed by atoms with Crippen LogP contribution in [0.2, 0.25) is 0 Å². The highest BCUT2D eigenvalue weighted by Gasteiger charge is 2.09. The molecule has 2 rings (SSSR count). The molecule has 1 amide bonds. The van der Waals surface area contributed by atoms with Gasteiger partial charge >= 0.3 is 0 Å². The third-order valence-electron chi connectivity index (χ3n) is 2.57. The van der Waals surface area contributed by atoms with Crippen LogP contribution in [0.5, 0.6) is 5.75 Å². The van der Waals surface area contributed by atoms with E-state index >= 15 is 0 Å². The lowest BCUT2D eigenvalue weighted by molar-refractivity contribution is 0.102. The maximum atomic E-state index is 12.0. The van der Waals surface area contributed by atoms with Gasteiger partial charge in [-0.3, -0.25) is 4.79 Å². The van der Waals surface area contributed by atoms with Gasteiger partial charge in [-0.15, -0.1) is 0 Å². The molecule has 106 valence electrons. The Balaban J connectivity index is 1.96. The fraction of sp³-hybridized carbons (Fsp3) is 0.333. The fourth-order valence-corrected chi connectivity index (χ4v) is 1.58. The van der Waals surface area contributed by atoms with Crippen LogP contribution in [0.25, 0.3) is 0 Å². The molecule has 1 aromatic heterocycles. The molecule has 0 saturated carbocycles. The second-order valence-corrected chi connectivity index (χ2v) is 5.01. The van der Waals surface area contributed by atoms with Crippen LogP contribution in [0.3, 0.4) is 0 Å². The number of anilines is 1. The largest absolute Gasteiger partial charge is 0.493 e. The average Bonchev–Trinajstić information content (AvgIpc) is 2.82. The van der Waals surface area contributed by atoms with Gasteiger partial charge in [-0.1, -0.05) is 19.0 Å². The van der Waals surface area contributed by atoms with Crippen molar-refractivity contribution < 1.29 is 14.1 Å². The van der Waals surface area contributed by atoms with E-state index in [1.807, 2.05) is 0 Å². The van der Waals surface area contributed by atoms with Crippen molar-refractivity contribution in [1.29, 1.82) is 0 Å². The third kappa shape index (κ3) is 3.85. The number of carbonyl (C=O) groups is 1. The molecule has 5 heteroatoms. The average molecular weight is 274 g/mol. The second kappa shape index (κ2) is 6.23. The molecule has 0 radical (unpaired) electrons. The molecule has 0 aliphatic heterocycles. The van der Waals surface area contributed by atoms with Crippen LogP contribution in [0.1, 0.15) is 30.0 Å². The number of rotatable bonds is 5. The second-order valence-electron chi connectivity index (χ2n) is 5.01. The first-order valence-corrected chi connectivity index (χ1v) is 6.52. The number of amides is 1. The first kappa shape index (κ1) is 14.1. The summed E-state index contributed by atoms with van der Waals surface area (Å²) in [5, 5.41) is 6.38. The molecule has 0 aliphatic rings. The van der Waals surface area contributed by atoms with Crippen LogP contribution in [0.15, 0.2) is 34.9 Å². The van der Waals surface area contributed by atoms with E-state index in [0.717, 1.165) is 5.75 Å². The van der Waals surface area contributed by atoms with E-state index < -0.39 is 0 Å². The third-order valence-corrected chi connectivity index (χ3v) is 2.57. The Morgan fingerprint density at radius 1 is 1.35 bits per heavy atom. The van der Waals surface area contributed by atoms with Gasteiger partial charge in [0.1, 0.15) is 11.5 Å². The van der Waals surface area contributed by atoms with Crippen molar-refractivity contribution in [2.24, 2.45) is 5.92 Å². The summed E-state index contributed by atoms with van der Waals surface area (Å²) >= 11 is 0. The van der Waals surface area contributed by atoms with E-state index in [1.54, 1.807) is 37.3 Å². The van der Waals surface area contributed by atoms with Crippen molar-refractivity contribution in [3.8, 4) is 5.75 Å². The molecule has 0 atom stereocenters. The zero-order chi connectivity index (χ0) is 14.5. The maximum Gasteiger partial charge on any atom is 0.256 e. The van der Waals surface area contributed by atoms with Gasteiger partial charge in [0.05, 0.1) is 6.61 Å². The summed E-state index contributed by atoms with van der Waals surface area (Å²) < 4.78 is 10.5. The van der Waals surface area contributed by atoms with Gasteiger partial charge in [0.15, 0.2) is 5.82 Å². The molecule has 1 aromatic carbocycles. The lowest BCUT2D eigenvalue weighted by atomic mass is 10.2. The summed E-state index contributed by atoms with van der Waals surface area (Å²) in [6.45, 7) is 6.59. The Hall–Kier alpha value is -2.30. The normalized spacial score (nSPS) is 10.6. The van der Waals surface area contributed by atoms with Crippen molar-refractivity contribution in [2.45, 2.75) is 20.8 Å². The number of carbonyl (C=O) groups excluding carboxylic acids is 1. The maximum absolute atomic E-state index is 12.0. The van der Waals surface area contributed by atoms with Crippen LogP contribution in [0, 0.1) is 12.8 Å². The number of hydrogen-bond donors (Lipinski definition) is 1. The highest BCUT2D eigenvalue weighted by molar-refractivity contribution is 6.03. The number of nitrogens with zero attached hydrogens (tertiary/aromatic N) is 1. The van der Waals surface area contributed by atoms with Gasteiger partial charge in [0, 0.05) is 11.6 Å². The number of hydrogen-bond acceptors (Lipinski definition) is 4. The molecule has 0 spiro atoms. The molecule has 5 nitrogen and oxygen atoms in total. The molecule has 1 heterocycles. The zero-order valence-electron chi connectivity index (χ0n) is 11.8. The number of benzene rings is 1. The van der Waals surface area contributed by atoms with Crippen molar-refractivity contribution in [2.75, 3.05) is 11.9 Å². The van der Waals surface area contributed by atoms with Crippen LogP contribution < -0.4 is 10.1 Å². The molecule has 0 unspecified atom stereocenters. The summed E-state index contributed by atoms with van der Waals surface area (Å²) in [7, 11) is 0. The standard InChI is InChI=1S/C15H18N2O3/c1-10(2)9-19-13-6-4-12(5-7-13)15(18)16-14-8-11(3)20-17-14/h4-8,10H,9H2,1-3H3,(H,16,17,18). The highest BCUT2D eigenvalue weighted by atomic mass is 16.5. The summed E-state index contributed by atoms with van der Waals surface area (Å²) in [5.74, 6) is 2.06. The van der Waals surface area contributed by atoms with Gasteiger partial charge in [-0.25, -0.2) is 0 Å². The van der Waals surface area contributed by atoms with E-state index in [1.165, 1.54) is 0 Å². The first-order valence-electron chi connectivity index (χ1n) is 6.52. The molecule has 2 aromatic rings. The van der Waals surface area contributed by atoms with E-state index in [2.05, 4.69) is 24.3 Å². The van der Waals surface area contributed by atoms with Crippen molar-refractivity contribution in [1.82, 2.24) is 5.16 Å². The smallest absolute Gasteiger partial charge is 0.256 e. The van der Waals surface area contributed by atoms with Gasteiger partial charge in [-0.05, 0) is 37.1 Å². The zero-order valence-corrected chi connectivity index (χ0v) is 11.8. The van der Waals surface area contributed by atoms with Crippen LogP contribution in [-0.4, -0.2) is 17.7 Å². The Bertz CT molecular complexity index is 573. The van der Waals surface area contributed by atoms with Gasteiger partial charge in [-0.2, -0.15) is 0 Å². The Labute approximate surface area is 117 Å². The number of aromatic nitrogens is 1. The molecular formula is C15H18N2O3. The summed E-state index contributed by atoms with van der Waals surface area (Å²) in [6, 6.07) is 8.67. The number of ether oxygens (including phenoxy) is 1. The van der Waals surface area contributed by atoms with E-state index in [4.69, 9.17) is 9.26 Å². The van der Waals surface area contributed by atoms with Crippen LogP contribution >= 0.6 is 0 Å². The predicted octanol–water partition coefficient (Wildman–Crippen LogP) is 3.27. The van der Waals surface area contributed by atoms with Gasteiger partial charge in [0.2, 0.25) is 0 Å². The van der Waals surface area contributed by atoms with E-state index in [9.17, 15) is 4.79 Å². The SMILES string of the molecule is Cc1cc(NC(=O)c2ccc(OCC(C)C)cc2)no1. The Kier molecular flexibility index (Phi) is 4.40. The molecule has 0 aliphatic carbocycles. The molecule has 20 heavy (non-hydrogen) atoms. The lowest BCUT2D eigenvalue weighted by Gasteiger charge is -2.09. The quantitative estimate of drug-likeness (QED) is 0.908. The molecule has 0 fully saturated rings. The summed E-state index contributed by atoms with van der Waals surface area (Å²) in [6.07, 6.45) is 0. The molecule has 0 bridgehead atoms. The van der Waals surface area contributed by atoms with E-state index in [0.29, 0.717) is 29.7 Å². The van der Waals surface area contributed by atoms with Gasteiger partial charge in [0.25, 0.3) is 5.91 Å². The van der Waals surface area contributed by atoms with Crippen LogP contribution in [-0.2, 0) is 0 Å². The van der Waals surface area contributed by atoms with Gasteiger partial charge < -0.3 is 14.6 Å². The minimum atomic E-state index is -0.228. The van der Waals surface area contributed by atoms with E-state index in [-0.39, 0.29) is 5.91 Å². The number of aryl methyl sites for hydroxylation is 1.